The van der Waals surface area contributed by atoms with Crippen molar-refractivity contribution in [1.29, 1.82) is 0 Å². The van der Waals surface area contributed by atoms with Crippen LogP contribution in [0.3, 0.4) is 0 Å². The summed E-state index contributed by atoms with van der Waals surface area (Å²) in [7, 11) is 1.57. The Morgan fingerprint density at radius 1 is 1.21 bits per heavy atom. The predicted octanol–water partition coefficient (Wildman–Crippen LogP) is 0.576. The fourth-order valence-corrected chi connectivity index (χ4v) is 5.41. The van der Waals surface area contributed by atoms with Crippen LogP contribution >= 0.6 is 0 Å². The number of unbranched alkanes of at least 4 members (excludes halogenated alkanes) is 4. The highest BCUT2D eigenvalue weighted by Crippen LogP contribution is 2.58. The fraction of sp³-hybridized carbons (Fsp3) is 0.857. The lowest BCUT2D eigenvalue weighted by Crippen LogP contribution is -2.55. The van der Waals surface area contributed by atoms with Gasteiger partial charge in [-0.1, -0.05) is 19.8 Å². The maximum absolute atomic E-state index is 13.4. The van der Waals surface area contributed by atoms with Crippen LogP contribution in [0.4, 0.5) is 0 Å². The smallest absolute Gasteiger partial charge is 0.245 e. The second-order valence-electron chi connectivity index (χ2n) is 8.48. The first-order valence-electron chi connectivity index (χ1n) is 11.1. The van der Waals surface area contributed by atoms with Gasteiger partial charge in [-0.2, -0.15) is 0 Å². The average molecular weight is 410 g/mol. The van der Waals surface area contributed by atoms with Crippen molar-refractivity contribution in [2.24, 2.45) is 11.8 Å². The number of nitrogens with one attached hydrogen (secondary N) is 2. The molecule has 0 aromatic carbocycles. The summed E-state index contributed by atoms with van der Waals surface area (Å²) in [6.07, 6.45) is 6.20. The second-order valence-corrected chi connectivity index (χ2v) is 8.48. The monoisotopic (exact) mass is 409 g/mol. The first kappa shape index (κ1) is 22.0. The molecule has 8 heteroatoms. The molecule has 0 aromatic heterocycles. The largest absolute Gasteiger partial charge is 0.396 e. The van der Waals surface area contributed by atoms with E-state index < -0.39 is 23.5 Å². The van der Waals surface area contributed by atoms with Gasteiger partial charge in [0, 0.05) is 26.7 Å². The van der Waals surface area contributed by atoms with Gasteiger partial charge in [0.1, 0.15) is 11.6 Å². The molecular formula is C21H35N3O5. The Bertz CT molecular complexity index is 627. The summed E-state index contributed by atoms with van der Waals surface area (Å²) in [5.74, 6) is -1.61. The summed E-state index contributed by atoms with van der Waals surface area (Å²) in [4.78, 5) is 40.8. The van der Waals surface area contributed by atoms with Crippen LogP contribution in [0.25, 0.3) is 0 Å². The van der Waals surface area contributed by atoms with Crippen LogP contribution in [0, 0.1) is 11.8 Å². The molecule has 8 nitrogen and oxygen atoms in total. The minimum atomic E-state index is -0.898. The normalized spacial score (nSPS) is 32.5. The van der Waals surface area contributed by atoms with Crippen LogP contribution in [-0.2, 0) is 19.1 Å². The molecule has 29 heavy (non-hydrogen) atoms. The molecule has 1 spiro atoms. The van der Waals surface area contributed by atoms with Gasteiger partial charge in [0.25, 0.3) is 0 Å². The fourth-order valence-electron chi connectivity index (χ4n) is 5.41. The number of hydrogen-bond acceptors (Lipinski definition) is 5. The molecule has 3 aliphatic heterocycles. The van der Waals surface area contributed by atoms with Gasteiger partial charge in [-0.05, 0) is 38.5 Å². The highest BCUT2D eigenvalue weighted by atomic mass is 16.5. The molecule has 0 saturated carbocycles. The molecule has 5 atom stereocenters. The molecule has 3 N–H and O–H groups in total. The van der Waals surface area contributed by atoms with E-state index in [0.29, 0.717) is 38.8 Å². The molecule has 3 amide bonds. The number of rotatable bonds is 11. The number of ether oxygens (including phenoxy) is 1. The standard InChI is InChI=1S/C21H35N3O5/c1-3-4-6-11-23-19(27)17-21-10-9-14(29-21)15(18(26)22-2)16(21)20(28)24(17)12-7-5-8-13-25/h14-17,25H,3-13H2,1-2H3,(H,22,26)(H,23,27)/t14-,15+,16-,17?,21?/m0/s1. The Balaban J connectivity index is 1.82. The van der Waals surface area contributed by atoms with E-state index in [-0.39, 0.29) is 30.4 Å². The van der Waals surface area contributed by atoms with Crippen LogP contribution in [0.2, 0.25) is 0 Å². The van der Waals surface area contributed by atoms with Gasteiger partial charge in [-0.15, -0.1) is 0 Å². The number of aliphatic hydroxyl groups is 1. The Morgan fingerprint density at radius 3 is 2.69 bits per heavy atom. The third-order valence-corrected chi connectivity index (χ3v) is 6.73. The van der Waals surface area contributed by atoms with E-state index in [0.717, 1.165) is 25.7 Å². The summed E-state index contributed by atoms with van der Waals surface area (Å²) in [5.41, 5.74) is -0.898. The molecule has 3 fully saturated rings. The number of aliphatic hydroxyl groups excluding tert-OH is 1. The number of likely N-dealkylation sites (tertiary alicyclic amines) is 1. The van der Waals surface area contributed by atoms with Crippen LogP contribution in [0.5, 0.6) is 0 Å². The van der Waals surface area contributed by atoms with Crippen molar-refractivity contribution >= 4 is 17.7 Å². The van der Waals surface area contributed by atoms with Crippen molar-refractivity contribution in [3.8, 4) is 0 Å². The van der Waals surface area contributed by atoms with Crippen molar-refractivity contribution in [1.82, 2.24) is 15.5 Å². The van der Waals surface area contributed by atoms with Gasteiger partial charge in [0.2, 0.25) is 17.7 Å². The average Bonchev–Trinajstić information content (AvgIpc) is 3.35. The van der Waals surface area contributed by atoms with E-state index in [4.69, 9.17) is 9.84 Å². The zero-order chi connectivity index (χ0) is 21.0. The SMILES string of the molecule is CCCCCNC(=O)C1N(CCCCCO)C(=O)[C@@H]2[C@H](C(=O)NC)[C@@H]3CCC12O3. The van der Waals surface area contributed by atoms with Gasteiger partial charge in [-0.3, -0.25) is 14.4 Å². The summed E-state index contributed by atoms with van der Waals surface area (Å²) in [5, 5.41) is 14.7. The van der Waals surface area contributed by atoms with E-state index in [1.165, 1.54) is 0 Å². The van der Waals surface area contributed by atoms with Crippen molar-refractivity contribution in [3.63, 3.8) is 0 Å². The highest BCUT2D eigenvalue weighted by molar-refractivity contribution is 5.98. The summed E-state index contributed by atoms with van der Waals surface area (Å²) >= 11 is 0. The molecule has 0 aromatic rings. The van der Waals surface area contributed by atoms with Gasteiger partial charge in [0.15, 0.2) is 0 Å². The number of nitrogens with zero attached hydrogens (tertiary/aromatic N) is 1. The number of carbonyl (C=O) groups excluding carboxylic acids is 3. The quantitative estimate of drug-likeness (QED) is 0.433. The second kappa shape index (κ2) is 9.43. The lowest BCUT2D eigenvalue weighted by atomic mass is 9.70. The van der Waals surface area contributed by atoms with Crippen molar-refractivity contribution in [2.75, 3.05) is 26.7 Å². The third kappa shape index (κ3) is 3.89. The maximum atomic E-state index is 13.4. The zero-order valence-electron chi connectivity index (χ0n) is 17.6. The third-order valence-electron chi connectivity index (χ3n) is 6.73. The minimum absolute atomic E-state index is 0.116. The summed E-state index contributed by atoms with van der Waals surface area (Å²) < 4.78 is 6.28. The van der Waals surface area contributed by atoms with E-state index in [2.05, 4.69) is 17.6 Å². The van der Waals surface area contributed by atoms with Crippen LogP contribution in [0.1, 0.15) is 58.3 Å². The Hall–Kier alpha value is -1.67. The van der Waals surface area contributed by atoms with Crippen molar-refractivity contribution in [2.45, 2.75) is 76.0 Å². The van der Waals surface area contributed by atoms with Gasteiger partial charge in [0.05, 0.1) is 17.9 Å². The molecular weight excluding hydrogens is 374 g/mol. The summed E-state index contributed by atoms with van der Waals surface area (Å²) in [6, 6.07) is -0.685. The molecule has 2 bridgehead atoms. The number of amides is 3. The molecule has 0 aliphatic carbocycles. The van der Waals surface area contributed by atoms with Crippen LogP contribution in [-0.4, -0.2) is 72.2 Å². The molecule has 3 heterocycles. The van der Waals surface area contributed by atoms with Crippen LogP contribution < -0.4 is 10.6 Å². The molecule has 164 valence electrons. The number of hydrogen-bond donors (Lipinski definition) is 3. The molecule has 3 saturated heterocycles. The van der Waals surface area contributed by atoms with E-state index in [1.54, 1.807) is 11.9 Å². The summed E-state index contributed by atoms with van der Waals surface area (Å²) in [6.45, 7) is 3.25. The predicted molar refractivity (Wildman–Crippen MR) is 107 cm³/mol. The highest BCUT2D eigenvalue weighted by Gasteiger charge is 2.74. The van der Waals surface area contributed by atoms with Crippen LogP contribution in [0.15, 0.2) is 0 Å². The van der Waals surface area contributed by atoms with E-state index >= 15 is 0 Å². The van der Waals surface area contributed by atoms with Crippen molar-refractivity contribution in [3.05, 3.63) is 0 Å². The lowest BCUT2D eigenvalue weighted by molar-refractivity contribution is -0.142. The van der Waals surface area contributed by atoms with E-state index in [1.807, 2.05) is 0 Å². The van der Waals surface area contributed by atoms with Gasteiger partial charge < -0.3 is 25.4 Å². The Morgan fingerprint density at radius 2 is 2.00 bits per heavy atom. The first-order valence-corrected chi connectivity index (χ1v) is 11.1. The van der Waals surface area contributed by atoms with E-state index in [9.17, 15) is 14.4 Å². The number of carbonyl (C=O) groups is 3. The zero-order valence-corrected chi connectivity index (χ0v) is 17.6. The lowest BCUT2D eigenvalue weighted by Gasteiger charge is -2.33. The Labute approximate surface area is 172 Å². The molecule has 0 radical (unpaired) electrons. The minimum Gasteiger partial charge on any atom is -0.396 e. The van der Waals surface area contributed by atoms with Gasteiger partial charge >= 0.3 is 0 Å². The number of fused-ring (bicyclic) bond motifs is 1. The molecule has 3 rings (SSSR count). The topological polar surface area (TPSA) is 108 Å². The Kier molecular flexibility index (Phi) is 7.16. The maximum Gasteiger partial charge on any atom is 0.245 e. The molecule has 3 aliphatic rings. The van der Waals surface area contributed by atoms with Gasteiger partial charge in [-0.25, -0.2) is 0 Å². The van der Waals surface area contributed by atoms with Crippen molar-refractivity contribution < 1.29 is 24.2 Å². The first-order chi connectivity index (χ1) is 14.0. The molecule has 2 unspecified atom stereocenters.